The quantitative estimate of drug-likeness (QED) is 0.373. The maximum Gasteiger partial charge on any atom is 0.186 e. The average molecular weight is 492 g/mol. The number of H-pyrrole nitrogens is 1. The van der Waals surface area contributed by atoms with E-state index in [2.05, 4.69) is 35.8 Å². The van der Waals surface area contributed by atoms with Gasteiger partial charge in [-0.3, -0.25) is 9.59 Å². The number of Topliss-reactive ketones (excluding diaryl/α,β-unsaturated/α-hetero) is 1. The Morgan fingerprint density at radius 1 is 1.06 bits per heavy atom. The number of aromatic amines is 1. The monoisotopic (exact) mass is 491 g/mol. The first-order valence-corrected chi connectivity index (χ1v) is 12.5. The Bertz CT molecular complexity index is 1060. The van der Waals surface area contributed by atoms with Crippen LogP contribution in [0.1, 0.15) is 66.2 Å². The van der Waals surface area contributed by atoms with E-state index in [-0.39, 0.29) is 17.6 Å². The molecule has 0 atom stereocenters. The lowest BCUT2D eigenvalue weighted by Gasteiger charge is -2.40. The summed E-state index contributed by atoms with van der Waals surface area (Å²) in [5.74, 6) is -0.0281. The largest absolute Gasteiger partial charge is 0.369 e. The Morgan fingerprint density at radius 2 is 1.70 bits per heavy atom. The van der Waals surface area contributed by atoms with Crippen molar-refractivity contribution in [2.75, 3.05) is 25.5 Å². The van der Waals surface area contributed by atoms with E-state index in [1.54, 1.807) is 13.0 Å². The zero-order chi connectivity index (χ0) is 24.3. The maximum absolute atomic E-state index is 13.2. The number of carbonyl (C=O) groups excluding carboxylic acids is 1. The molecule has 1 aromatic heterocycles. The van der Waals surface area contributed by atoms with Gasteiger partial charge in [-0.15, -0.1) is 0 Å². The number of carbonyl (C=O) groups is 1. The van der Waals surface area contributed by atoms with Gasteiger partial charge in [0.1, 0.15) is 5.15 Å². The van der Waals surface area contributed by atoms with E-state index in [1.165, 1.54) is 18.9 Å². The molecule has 2 aromatic rings. The number of pyridine rings is 1. The molecule has 7 heteroatoms. The predicted molar refractivity (Wildman–Crippen MR) is 138 cm³/mol. The second-order valence-electron chi connectivity index (χ2n) is 9.34. The lowest BCUT2D eigenvalue weighted by molar-refractivity contribution is 0.0982. The van der Waals surface area contributed by atoms with Crippen molar-refractivity contribution in [2.24, 2.45) is 0 Å². The van der Waals surface area contributed by atoms with Gasteiger partial charge in [0.15, 0.2) is 11.2 Å². The molecule has 1 aliphatic rings. The molecule has 0 radical (unpaired) electrons. The number of anilines is 1. The van der Waals surface area contributed by atoms with Gasteiger partial charge in [-0.25, -0.2) is 0 Å². The smallest absolute Gasteiger partial charge is 0.186 e. The summed E-state index contributed by atoms with van der Waals surface area (Å²) in [7, 11) is 4.30. The Kier molecular flexibility index (Phi) is 8.65. The van der Waals surface area contributed by atoms with Crippen molar-refractivity contribution >= 4 is 34.7 Å². The first kappa shape index (κ1) is 25.8. The van der Waals surface area contributed by atoms with Crippen LogP contribution in [0.25, 0.3) is 0 Å². The number of hydrogen-bond acceptors (Lipinski definition) is 4. The first-order valence-electron chi connectivity index (χ1n) is 11.8. The van der Waals surface area contributed by atoms with Gasteiger partial charge in [0.2, 0.25) is 0 Å². The molecule has 0 amide bonds. The van der Waals surface area contributed by atoms with Crippen LogP contribution in [-0.2, 0) is 6.42 Å². The Balaban J connectivity index is 1.81. The lowest BCUT2D eigenvalue weighted by atomic mass is 9.88. The molecule has 1 N–H and O–H groups in total. The van der Waals surface area contributed by atoms with Crippen LogP contribution in [0.3, 0.4) is 0 Å². The Hall–Kier alpha value is -1.82. The third kappa shape index (κ3) is 6.00. The fourth-order valence-corrected chi connectivity index (χ4v) is 5.60. The molecule has 0 spiro atoms. The summed E-state index contributed by atoms with van der Waals surface area (Å²) < 4.78 is 0. The van der Waals surface area contributed by atoms with Crippen LogP contribution in [0.15, 0.2) is 23.0 Å². The summed E-state index contributed by atoms with van der Waals surface area (Å²) in [4.78, 5) is 33.2. The highest BCUT2D eigenvalue weighted by atomic mass is 35.5. The number of aryl methyl sites for hydroxylation is 1. The van der Waals surface area contributed by atoms with Crippen molar-refractivity contribution in [1.82, 2.24) is 9.88 Å². The van der Waals surface area contributed by atoms with Crippen LogP contribution >= 0.6 is 23.2 Å². The Morgan fingerprint density at radius 3 is 2.27 bits per heavy atom. The number of nitrogens with one attached hydrogen (secondary N) is 1. The van der Waals surface area contributed by atoms with Crippen molar-refractivity contribution < 1.29 is 4.79 Å². The molecule has 1 fully saturated rings. The van der Waals surface area contributed by atoms with E-state index in [0.717, 1.165) is 30.6 Å². The summed E-state index contributed by atoms with van der Waals surface area (Å²) in [6.07, 6.45) is 5.09. The number of halogens is 2. The number of ketones is 1. The Labute approximate surface area is 207 Å². The molecular weight excluding hydrogens is 457 g/mol. The SMILES string of the molecule is CCN(c1cc(Cl)cc(C(=O)CCc2c(Cl)[nH]c(C)cc2=O)c1C)C1CCC(N(C)C)CC1. The van der Waals surface area contributed by atoms with E-state index >= 15 is 0 Å². The highest BCUT2D eigenvalue weighted by molar-refractivity contribution is 6.31. The minimum absolute atomic E-state index is 0.0281. The van der Waals surface area contributed by atoms with Crippen LogP contribution in [0, 0.1) is 13.8 Å². The van der Waals surface area contributed by atoms with Gasteiger partial charge >= 0.3 is 0 Å². The van der Waals surface area contributed by atoms with E-state index in [4.69, 9.17) is 23.2 Å². The summed E-state index contributed by atoms with van der Waals surface area (Å²) in [6.45, 7) is 6.80. The van der Waals surface area contributed by atoms with E-state index in [0.29, 0.717) is 45.5 Å². The highest BCUT2D eigenvalue weighted by Crippen LogP contribution is 2.34. The number of benzene rings is 1. The molecule has 33 heavy (non-hydrogen) atoms. The number of hydrogen-bond donors (Lipinski definition) is 1. The van der Waals surface area contributed by atoms with Gasteiger partial charge in [0.25, 0.3) is 0 Å². The molecule has 180 valence electrons. The second kappa shape index (κ2) is 11.1. The first-order chi connectivity index (χ1) is 15.6. The van der Waals surface area contributed by atoms with Gasteiger partial charge in [-0.1, -0.05) is 23.2 Å². The topological polar surface area (TPSA) is 56.4 Å². The molecule has 1 aromatic carbocycles. The van der Waals surface area contributed by atoms with Crippen molar-refractivity contribution in [3.63, 3.8) is 0 Å². The third-order valence-corrected chi connectivity index (χ3v) is 7.49. The van der Waals surface area contributed by atoms with Gasteiger partial charge in [0, 0.05) is 58.6 Å². The predicted octanol–water partition coefficient (Wildman–Crippen LogP) is 5.81. The molecule has 5 nitrogen and oxygen atoms in total. The van der Waals surface area contributed by atoms with Gasteiger partial charge < -0.3 is 14.8 Å². The summed E-state index contributed by atoms with van der Waals surface area (Å²) in [5, 5.41) is 0.868. The van der Waals surface area contributed by atoms with Gasteiger partial charge in [-0.05, 0) is 84.7 Å². The molecule has 0 saturated heterocycles. The van der Waals surface area contributed by atoms with E-state index in [9.17, 15) is 9.59 Å². The molecule has 1 aliphatic carbocycles. The number of rotatable bonds is 8. The number of nitrogens with zero attached hydrogens (tertiary/aromatic N) is 2. The zero-order valence-electron chi connectivity index (χ0n) is 20.3. The molecule has 3 rings (SSSR count). The molecule has 0 aliphatic heterocycles. The fraction of sp³-hybridized carbons (Fsp3) is 0.538. The zero-order valence-corrected chi connectivity index (χ0v) is 21.8. The van der Waals surface area contributed by atoms with Gasteiger partial charge in [0.05, 0.1) is 0 Å². The fourth-order valence-electron chi connectivity index (χ4n) is 5.05. The van der Waals surface area contributed by atoms with Crippen LogP contribution in [0.5, 0.6) is 0 Å². The molecule has 0 bridgehead atoms. The van der Waals surface area contributed by atoms with Crippen molar-refractivity contribution in [1.29, 1.82) is 0 Å². The second-order valence-corrected chi connectivity index (χ2v) is 10.2. The normalized spacial score (nSPS) is 18.5. The minimum Gasteiger partial charge on any atom is -0.369 e. The van der Waals surface area contributed by atoms with Crippen LogP contribution in [-0.4, -0.2) is 48.4 Å². The lowest BCUT2D eigenvalue weighted by Crippen LogP contribution is -2.42. The van der Waals surface area contributed by atoms with Crippen LogP contribution in [0.2, 0.25) is 10.2 Å². The standard InChI is InChI=1S/C26H35Cl2N3O2/c1-6-31(20-9-7-19(8-10-20)30(4)5)23-15-18(27)14-22(17(23)3)24(32)12-11-21-25(33)13-16(2)29-26(21)28/h13-15,19-20H,6-12H2,1-5H3,(H,29,33). The summed E-state index contributed by atoms with van der Waals surface area (Å²) in [5.41, 5.74) is 3.62. The molecular formula is C26H35Cl2N3O2. The third-order valence-electron chi connectivity index (χ3n) is 6.95. The van der Waals surface area contributed by atoms with Crippen molar-refractivity contribution in [3.8, 4) is 0 Å². The molecule has 1 saturated carbocycles. The van der Waals surface area contributed by atoms with Crippen LogP contribution < -0.4 is 10.3 Å². The summed E-state index contributed by atoms with van der Waals surface area (Å²) >= 11 is 12.7. The molecule has 0 unspecified atom stereocenters. The molecule has 1 heterocycles. The summed E-state index contributed by atoms with van der Waals surface area (Å²) in [6, 6.07) is 6.32. The van der Waals surface area contributed by atoms with Crippen LogP contribution in [0.4, 0.5) is 5.69 Å². The van der Waals surface area contributed by atoms with E-state index < -0.39 is 0 Å². The minimum atomic E-state index is -0.141. The number of aromatic nitrogens is 1. The maximum atomic E-state index is 13.2. The average Bonchev–Trinajstić information content (AvgIpc) is 2.75. The highest BCUT2D eigenvalue weighted by Gasteiger charge is 2.28. The van der Waals surface area contributed by atoms with E-state index in [1.807, 2.05) is 13.0 Å². The van der Waals surface area contributed by atoms with Crippen molar-refractivity contribution in [3.05, 3.63) is 61.0 Å². The van der Waals surface area contributed by atoms with Gasteiger partial charge in [-0.2, -0.15) is 0 Å². The van der Waals surface area contributed by atoms with Crippen molar-refractivity contribution in [2.45, 2.75) is 71.4 Å².